The molecule has 0 aliphatic carbocycles. The van der Waals surface area contributed by atoms with Crippen LogP contribution in [0.5, 0.6) is 0 Å². The molecule has 1 aromatic heterocycles. The summed E-state index contributed by atoms with van der Waals surface area (Å²) in [4.78, 5) is 25.2. The van der Waals surface area contributed by atoms with E-state index in [0.717, 1.165) is 27.7 Å². The number of amides is 2. The summed E-state index contributed by atoms with van der Waals surface area (Å²) < 4.78 is 2.05. The van der Waals surface area contributed by atoms with Crippen LogP contribution in [-0.2, 0) is 23.3 Å². The van der Waals surface area contributed by atoms with E-state index in [2.05, 4.69) is 55.7 Å². The van der Waals surface area contributed by atoms with Crippen molar-refractivity contribution in [1.29, 1.82) is 0 Å². The van der Waals surface area contributed by atoms with Crippen molar-refractivity contribution in [1.82, 2.24) is 9.88 Å². The lowest BCUT2D eigenvalue weighted by Crippen LogP contribution is -2.25. The van der Waals surface area contributed by atoms with Crippen LogP contribution in [0.25, 0.3) is 10.9 Å². The van der Waals surface area contributed by atoms with Gasteiger partial charge in [0.1, 0.15) is 5.69 Å². The fourth-order valence-electron chi connectivity index (χ4n) is 4.12. The number of benzene rings is 3. The van der Waals surface area contributed by atoms with Crippen LogP contribution in [0.3, 0.4) is 0 Å². The van der Waals surface area contributed by atoms with E-state index in [0.29, 0.717) is 25.2 Å². The molecule has 0 spiro atoms. The number of nitrogens with zero attached hydrogens (tertiary/aromatic N) is 1. The van der Waals surface area contributed by atoms with Gasteiger partial charge in [0.25, 0.3) is 5.91 Å². The molecule has 0 saturated heterocycles. The third-order valence-corrected chi connectivity index (χ3v) is 6.20. The molecule has 4 rings (SSSR count). The molecule has 0 bridgehead atoms. The Labute approximate surface area is 207 Å². The molecular weight excluding hydrogens is 434 g/mol. The zero-order chi connectivity index (χ0) is 25.0. The third kappa shape index (κ3) is 5.80. The molecule has 0 aliphatic heterocycles. The van der Waals surface area contributed by atoms with E-state index in [9.17, 15) is 9.59 Å². The van der Waals surface area contributed by atoms with Crippen LogP contribution in [0, 0.1) is 0 Å². The second-order valence-electron chi connectivity index (χ2n) is 9.91. The Morgan fingerprint density at radius 1 is 0.857 bits per heavy atom. The Morgan fingerprint density at radius 3 is 2.23 bits per heavy atom. The molecule has 2 N–H and O–H groups in total. The van der Waals surface area contributed by atoms with Crippen LogP contribution in [0.15, 0.2) is 78.9 Å². The van der Waals surface area contributed by atoms with E-state index in [1.54, 1.807) is 0 Å². The highest BCUT2D eigenvalue weighted by Crippen LogP contribution is 2.27. The summed E-state index contributed by atoms with van der Waals surface area (Å²) in [5.41, 5.74) is 5.80. The number of fused-ring (bicyclic) bond motifs is 1. The first kappa shape index (κ1) is 24.3. The van der Waals surface area contributed by atoms with Gasteiger partial charge >= 0.3 is 0 Å². The van der Waals surface area contributed by atoms with E-state index in [4.69, 9.17) is 0 Å². The number of anilines is 1. The van der Waals surface area contributed by atoms with Gasteiger partial charge in [-0.2, -0.15) is 0 Å². The maximum absolute atomic E-state index is 13.3. The lowest BCUT2D eigenvalue weighted by atomic mass is 9.87. The van der Waals surface area contributed by atoms with Gasteiger partial charge in [0.2, 0.25) is 5.91 Å². The summed E-state index contributed by atoms with van der Waals surface area (Å²) in [6, 6.07) is 26.2. The van der Waals surface area contributed by atoms with Crippen LogP contribution in [0.1, 0.15) is 61.3 Å². The molecule has 0 aliphatic rings. The summed E-state index contributed by atoms with van der Waals surface area (Å²) in [7, 11) is 0. The minimum Gasteiger partial charge on any atom is -0.347 e. The first-order valence-electron chi connectivity index (χ1n) is 12.1. The van der Waals surface area contributed by atoms with Crippen LogP contribution < -0.4 is 10.6 Å². The molecule has 0 atom stereocenters. The number of carbonyl (C=O) groups excluding carboxylic acids is 2. The van der Waals surface area contributed by atoms with Gasteiger partial charge < -0.3 is 15.2 Å². The molecule has 0 unspecified atom stereocenters. The second kappa shape index (κ2) is 10.2. The first-order chi connectivity index (χ1) is 16.7. The smallest absolute Gasteiger partial charge is 0.268 e. The largest absolute Gasteiger partial charge is 0.347 e. The van der Waals surface area contributed by atoms with Crippen LogP contribution in [-0.4, -0.2) is 16.4 Å². The van der Waals surface area contributed by atoms with Gasteiger partial charge in [0.05, 0.1) is 0 Å². The van der Waals surface area contributed by atoms with E-state index >= 15 is 0 Å². The predicted molar refractivity (Wildman–Crippen MR) is 143 cm³/mol. The average molecular weight is 468 g/mol. The van der Waals surface area contributed by atoms with Gasteiger partial charge in [-0.1, -0.05) is 82.3 Å². The summed E-state index contributed by atoms with van der Waals surface area (Å²) in [6.45, 7) is 9.45. The van der Waals surface area contributed by atoms with Crippen molar-refractivity contribution in [2.45, 2.75) is 52.6 Å². The van der Waals surface area contributed by atoms with Crippen LogP contribution >= 0.6 is 0 Å². The SMILES string of the molecule is CCC(=O)Nc1ccc2c(c1)cc(C(=O)NCc1ccccc1)n2Cc1ccc(C(C)(C)C)cc1. The number of hydrogen-bond donors (Lipinski definition) is 2. The van der Waals surface area contributed by atoms with Gasteiger partial charge in [-0.3, -0.25) is 9.59 Å². The van der Waals surface area contributed by atoms with Crippen molar-refractivity contribution in [3.63, 3.8) is 0 Å². The second-order valence-corrected chi connectivity index (χ2v) is 9.91. The highest BCUT2D eigenvalue weighted by molar-refractivity contribution is 6.00. The summed E-state index contributed by atoms with van der Waals surface area (Å²) in [5, 5.41) is 6.88. The minimum atomic E-state index is -0.129. The molecular formula is C30H33N3O2. The molecule has 0 fully saturated rings. The standard InChI is InChI=1S/C30H33N3O2/c1-5-28(34)32-25-15-16-26-23(17-25)18-27(29(35)31-19-21-9-7-6-8-10-21)33(26)20-22-11-13-24(14-12-22)30(2,3)4/h6-18H,5,19-20H2,1-4H3,(H,31,35)(H,32,34). The quantitative estimate of drug-likeness (QED) is 0.337. The van der Waals surface area contributed by atoms with E-state index in [1.165, 1.54) is 5.56 Å². The van der Waals surface area contributed by atoms with E-state index in [-0.39, 0.29) is 17.2 Å². The van der Waals surface area contributed by atoms with Crippen LogP contribution in [0.2, 0.25) is 0 Å². The topological polar surface area (TPSA) is 63.1 Å². The number of nitrogens with one attached hydrogen (secondary N) is 2. The lowest BCUT2D eigenvalue weighted by Gasteiger charge is -2.19. The van der Waals surface area contributed by atoms with Gasteiger partial charge in [0.15, 0.2) is 0 Å². The first-order valence-corrected chi connectivity index (χ1v) is 12.1. The number of rotatable bonds is 7. The monoisotopic (exact) mass is 467 g/mol. The molecule has 1 heterocycles. The van der Waals surface area contributed by atoms with Crippen LogP contribution in [0.4, 0.5) is 5.69 Å². The zero-order valence-electron chi connectivity index (χ0n) is 20.9. The molecule has 5 heteroatoms. The molecule has 4 aromatic rings. The Hall–Kier alpha value is -3.86. The van der Waals surface area contributed by atoms with Gasteiger partial charge in [-0.25, -0.2) is 0 Å². The van der Waals surface area contributed by atoms with Crippen molar-refractivity contribution < 1.29 is 9.59 Å². The Balaban J connectivity index is 1.67. The summed E-state index contributed by atoms with van der Waals surface area (Å²) >= 11 is 0. The van der Waals surface area contributed by atoms with Gasteiger partial charge in [0, 0.05) is 36.1 Å². The van der Waals surface area contributed by atoms with E-state index < -0.39 is 0 Å². The third-order valence-electron chi connectivity index (χ3n) is 6.20. The molecule has 35 heavy (non-hydrogen) atoms. The molecule has 0 saturated carbocycles. The molecule has 0 radical (unpaired) electrons. The Bertz CT molecular complexity index is 1330. The number of carbonyl (C=O) groups is 2. The number of aromatic nitrogens is 1. The molecule has 180 valence electrons. The van der Waals surface area contributed by atoms with Gasteiger partial charge in [-0.15, -0.1) is 0 Å². The predicted octanol–water partition coefficient (Wildman–Crippen LogP) is 6.27. The van der Waals surface area contributed by atoms with Crippen molar-refractivity contribution >= 4 is 28.4 Å². The highest BCUT2D eigenvalue weighted by Gasteiger charge is 2.18. The average Bonchev–Trinajstić information content (AvgIpc) is 3.20. The number of hydrogen-bond acceptors (Lipinski definition) is 2. The fraction of sp³-hybridized carbons (Fsp3) is 0.267. The minimum absolute atomic E-state index is 0.0384. The summed E-state index contributed by atoms with van der Waals surface area (Å²) in [6.07, 6.45) is 0.413. The van der Waals surface area contributed by atoms with Crippen molar-refractivity contribution in [2.24, 2.45) is 0 Å². The molecule has 3 aromatic carbocycles. The Kier molecular flexibility index (Phi) is 7.06. The molecule has 2 amide bonds. The maximum Gasteiger partial charge on any atom is 0.268 e. The fourth-order valence-corrected chi connectivity index (χ4v) is 4.12. The van der Waals surface area contributed by atoms with Crippen molar-refractivity contribution in [3.05, 3.63) is 101 Å². The van der Waals surface area contributed by atoms with Crippen molar-refractivity contribution in [2.75, 3.05) is 5.32 Å². The summed E-state index contributed by atoms with van der Waals surface area (Å²) in [5.74, 6) is -0.168. The molecule has 5 nitrogen and oxygen atoms in total. The lowest BCUT2D eigenvalue weighted by molar-refractivity contribution is -0.115. The van der Waals surface area contributed by atoms with Gasteiger partial charge in [-0.05, 0) is 46.4 Å². The highest BCUT2D eigenvalue weighted by atomic mass is 16.2. The normalized spacial score (nSPS) is 11.4. The Morgan fingerprint density at radius 2 is 1.57 bits per heavy atom. The zero-order valence-corrected chi connectivity index (χ0v) is 20.9. The maximum atomic E-state index is 13.3. The van der Waals surface area contributed by atoms with Crippen molar-refractivity contribution in [3.8, 4) is 0 Å². The van der Waals surface area contributed by atoms with E-state index in [1.807, 2.05) is 66.1 Å².